The van der Waals surface area contributed by atoms with Crippen LogP contribution in [-0.4, -0.2) is 62.2 Å². The van der Waals surface area contributed by atoms with E-state index in [-0.39, 0.29) is 6.03 Å². The minimum absolute atomic E-state index is 0.0524. The SMILES string of the molecule is Cc1ccc(-n2nnnc2CN2CCN(C(=O)Nc3ccccc3C)CC2)cc1. The third kappa shape index (κ3) is 4.43. The number of carbonyl (C=O) groups excluding carboxylic acids is 1. The van der Waals surface area contributed by atoms with Gasteiger partial charge in [-0.15, -0.1) is 5.10 Å². The van der Waals surface area contributed by atoms with Crippen LogP contribution >= 0.6 is 0 Å². The van der Waals surface area contributed by atoms with Crippen molar-refractivity contribution in [1.82, 2.24) is 30.0 Å². The van der Waals surface area contributed by atoms with Gasteiger partial charge in [-0.1, -0.05) is 35.9 Å². The van der Waals surface area contributed by atoms with Crippen LogP contribution in [0.1, 0.15) is 17.0 Å². The van der Waals surface area contributed by atoms with Crippen LogP contribution < -0.4 is 5.32 Å². The number of nitrogens with zero attached hydrogens (tertiary/aromatic N) is 6. The normalized spacial score (nSPS) is 14.8. The van der Waals surface area contributed by atoms with Crippen LogP contribution in [0.25, 0.3) is 5.69 Å². The van der Waals surface area contributed by atoms with Crippen molar-refractivity contribution in [3.05, 3.63) is 65.5 Å². The van der Waals surface area contributed by atoms with Crippen molar-refractivity contribution in [2.75, 3.05) is 31.5 Å². The number of piperazine rings is 1. The number of aromatic nitrogens is 4. The lowest BCUT2D eigenvalue weighted by Crippen LogP contribution is -2.49. The van der Waals surface area contributed by atoms with Crippen molar-refractivity contribution in [1.29, 1.82) is 0 Å². The molecule has 2 aromatic carbocycles. The first-order chi connectivity index (χ1) is 14.1. The third-order valence-electron chi connectivity index (χ3n) is 5.22. The van der Waals surface area contributed by atoms with Gasteiger partial charge in [-0.05, 0) is 48.0 Å². The zero-order chi connectivity index (χ0) is 20.2. The van der Waals surface area contributed by atoms with Gasteiger partial charge in [-0.25, -0.2) is 4.79 Å². The summed E-state index contributed by atoms with van der Waals surface area (Å²) in [5.74, 6) is 0.798. The molecule has 1 aliphatic heterocycles. The summed E-state index contributed by atoms with van der Waals surface area (Å²) >= 11 is 0. The van der Waals surface area contributed by atoms with Gasteiger partial charge in [0, 0.05) is 31.9 Å². The molecule has 8 nitrogen and oxygen atoms in total. The number of urea groups is 1. The molecule has 3 aromatic rings. The van der Waals surface area contributed by atoms with Crippen LogP contribution in [0.15, 0.2) is 48.5 Å². The van der Waals surface area contributed by atoms with Crippen LogP contribution in [0.3, 0.4) is 0 Å². The minimum atomic E-state index is -0.0524. The number of amides is 2. The first-order valence-electron chi connectivity index (χ1n) is 9.78. The van der Waals surface area contributed by atoms with Crippen LogP contribution in [-0.2, 0) is 6.54 Å². The van der Waals surface area contributed by atoms with Gasteiger partial charge in [-0.2, -0.15) is 4.68 Å². The molecular formula is C21H25N7O. The van der Waals surface area contributed by atoms with E-state index in [4.69, 9.17) is 0 Å². The van der Waals surface area contributed by atoms with E-state index >= 15 is 0 Å². The van der Waals surface area contributed by atoms with Gasteiger partial charge in [0.05, 0.1) is 12.2 Å². The molecule has 1 aliphatic rings. The number of nitrogens with one attached hydrogen (secondary N) is 1. The van der Waals surface area contributed by atoms with Crippen molar-refractivity contribution in [3.8, 4) is 5.69 Å². The molecule has 29 heavy (non-hydrogen) atoms. The molecule has 2 heterocycles. The molecule has 0 spiro atoms. The lowest BCUT2D eigenvalue weighted by molar-refractivity contribution is 0.140. The quantitative estimate of drug-likeness (QED) is 0.740. The molecule has 1 aromatic heterocycles. The predicted molar refractivity (Wildman–Crippen MR) is 111 cm³/mol. The molecule has 2 amide bonds. The van der Waals surface area contributed by atoms with Crippen molar-refractivity contribution in [2.45, 2.75) is 20.4 Å². The fourth-order valence-corrected chi connectivity index (χ4v) is 3.41. The van der Waals surface area contributed by atoms with E-state index in [0.29, 0.717) is 19.6 Å². The van der Waals surface area contributed by atoms with Crippen molar-refractivity contribution >= 4 is 11.7 Å². The van der Waals surface area contributed by atoms with E-state index in [0.717, 1.165) is 35.9 Å². The number of carbonyl (C=O) groups is 1. The van der Waals surface area contributed by atoms with Gasteiger partial charge >= 0.3 is 6.03 Å². The monoisotopic (exact) mass is 391 g/mol. The van der Waals surface area contributed by atoms with Gasteiger partial charge in [0.25, 0.3) is 0 Å². The lowest BCUT2D eigenvalue weighted by atomic mass is 10.2. The number of hydrogen-bond acceptors (Lipinski definition) is 5. The van der Waals surface area contributed by atoms with E-state index in [1.807, 2.05) is 60.4 Å². The van der Waals surface area contributed by atoms with Crippen molar-refractivity contribution < 1.29 is 4.79 Å². The summed E-state index contributed by atoms with van der Waals surface area (Å²) in [7, 11) is 0. The summed E-state index contributed by atoms with van der Waals surface area (Å²) in [5, 5.41) is 15.2. The Morgan fingerprint density at radius 3 is 2.45 bits per heavy atom. The van der Waals surface area contributed by atoms with Crippen LogP contribution in [0, 0.1) is 13.8 Å². The Labute approximate surface area is 170 Å². The minimum Gasteiger partial charge on any atom is -0.322 e. The largest absolute Gasteiger partial charge is 0.322 e. The summed E-state index contributed by atoms with van der Waals surface area (Å²) in [6.07, 6.45) is 0. The molecule has 1 N–H and O–H groups in total. The molecule has 1 fully saturated rings. The molecule has 0 bridgehead atoms. The highest BCUT2D eigenvalue weighted by molar-refractivity contribution is 5.90. The van der Waals surface area contributed by atoms with Gasteiger partial charge in [0.2, 0.25) is 0 Å². The van der Waals surface area contributed by atoms with E-state index < -0.39 is 0 Å². The van der Waals surface area contributed by atoms with E-state index in [1.54, 1.807) is 4.68 Å². The average molecular weight is 391 g/mol. The summed E-state index contributed by atoms with van der Waals surface area (Å²) in [6.45, 7) is 7.59. The maximum absolute atomic E-state index is 12.6. The highest BCUT2D eigenvalue weighted by atomic mass is 16.2. The second-order valence-electron chi connectivity index (χ2n) is 7.35. The molecule has 0 radical (unpaired) electrons. The third-order valence-corrected chi connectivity index (χ3v) is 5.22. The smallest absolute Gasteiger partial charge is 0.321 e. The lowest BCUT2D eigenvalue weighted by Gasteiger charge is -2.34. The first-order valence-corrected chi connectivity index (χ1v) is 9.78. The second-order valence-corrected chi connectivity index (χ2v) is 7.35. The number of aryl methyl sites for hydroxylation is 2. The van der Waals surface area contributed by atoms with Crippen LogP contribution in [0.4, 0.5) is 10.5 Å². The standard InChI is InChI=1S/C21H25N7O/c1-16-7-9-18(10-8-16)28-20(23-24-25-28)15-26-11-13-27(14-12-26)21(29)22-19-6-4-3-5-17(19)2/h3-10H,11-15H2,1-2H3,(H,22,29). The number of tetrazole rings is 1. The fraction of sp³-hybridized carbons (Fsp3) is 0.333. The summed E-state index contributed by atoms with van der Waals surface area (Å²) in [6, 6.07) is 15.9. The maximum atomic E-state index is 12.6. The molecule has 150 valence electrons. The second kappa shape index (κ2) is 8.40. The number of rotatable bonds is 4. The van der Waals surface area contributed by atoms with E-state index in [9.17, 15) is 4.79 Å². The Morgan fingerprint density at radius 1 is 1.00 bits per heavy atom. The number of hydrogen-bond donors (Lipinski definition) is 1. The Hall–Kier alpha value is -3.26. The molecule has 0 saturated carbocycles. The Kier molecular flexibility index (Phi) is 5.53. The van der Waals surface area contributed by atoms with Crippen molar-refractivity contribution in [2.24, 2.45) is 0 Å². The maximum Gasteiger partial charge on any atom is 0.321 e. The summed E-state index contributed by atoms with van der Waals surface area (Å²) < 4.78 is 1.77. The van der Waals surface area contributed by atoms with Crippen LogP contribution in [0.5, 0.6) is 0 Å². The first kappa shape index (κ1) is 19.1. The zero-order valence-electron chi connectivity index (χ0n) is 16.7. The van der Waals surface area contributed by atoms with Gasteiger partial charge in [0.1, 0.15) is 0 Å². The van der Waals surface area contributed by atoms with Crippen molar-refractivity contribution in [3.63, 3.8) is 0 Å². The highest BCUT2D eigenvalue weighted by Crippen LogP contribution is 2.16. The molecule has 8 heteroatoms. The average Bonchev–Trinajstić information content (AvgIpc) is 3.19. The van der Waals surface area contributed by atoms with Crippen LogP contribution in [0.2, 0.25) is 0 Å². The number of para-hydroxylation sites is 1. The topological polar surface area (TPSA) is 79.2 Å². The Bertz CT molecular complexity index is 975. The molecule has 0 aliphatic carbocycles. The van der Waals surface area contributed by atoms with E-state index in [1.165, 1.54) is 5.56 Å². The van der Waals surface area contributed by atoms with Gasteiger partial charge in [-0.3, -0.25) is 4.90 Å². The molecule has 0 atom stereocenters. The number of anilines is 1. The highest BCUT2D eigenvalue weighted by Gasteiger charge is 2.23. The Morgan fingerprint density at radius 2 is 1.72 bits per heavy atom. The zero-order valence-corrected chi connectivity index (χ0v) is 16.7. The Balaban J connectivity index is 1.34. The molecule has 4 rings (SSSR count). The fourth-order valence-electron chi connectivity index (χ4n) is 3.41. The molecular weight excluding hydrogens is 366 g/mol. The summed E-state index contributed by atoms with van der Waals surface area (Å²) in [4.78, 5) is 16.7. The van der Waals surface area contributed by atoms with Gasteiger partial charge < -0.3 is 10.2 Å². The van der Waals surface area contributed by atoms with Gasteiger partial charge in [0.15, 0.2) is 5.82 Å². The number of benzene rings is 2. The molecule has 0 unspecified atom stereocenters. The summed E-state index contributed by atoms with van der Waals surface area (Å²) in [5.41, 5.74) is 4.06. The predicted octanol–water partition coefficient (Wildman–Crippen LogP) is 2.63. The molecule has 1 saturated heterocycles. The van der Waals surface area contributed by atoms with E-state index in [2.05, 4.69) is 32.7 Å².